The molecule has 0 N–H and O–H groups in total. The largest absolute Gasteiger partial charge is 0.339 e. The average Bonchev–Trinajstić information content (AvgIpc) is 2.56. The second-order valence-corrected chi connectivity index (χ2v) is 5.74. The zero-order valence-corrected chi connectivity index (χ0v) is 12.5. The monoisotopic (exact) mass is 300 g/mol. The number of pyridine rings is 1. The van der Waals surface area contributed by atoms with Crippen molar-refractivity contribution < 1.29 is 4.79 Å². The molecule has 3 nitrogen and oxygen atoms in total. The van der Waals surface area contributed by atoms with Gasteiger partial charge in [-0.2, -0.15) is 0 Å². The van der Waals surface area contributed by atoms with E-state index < -0.39 is 0 Å². The van der Waals surface area contributed by atoms with E-state index in [2.05, 4.69) is 29.2 Å². The number of rotatable bonds is 2. The molecule has 0 unspecified atom stereocenters. The molecule has 2 aromatic rings. The number of carbonyl (C=O) groups is 1. The molecule has 21 heavy (non-hydrogen) atoms. The fraction of sp³-hybridized carbons (Fsp3) is 0.294. The molecular formula is C17H17ClN2O. The van der Waals surface area contributed by atoms with Crippen molar-refractivity contribution in [3.63, 3.8) is 0 Å². The van der Waals surface area contributed by atoms with Gasteiger partial charge >= 0.3 is 0 Å². The minimum atomic E-state index is -0.0142. The van der Waals surface area contributed by atoms with Crippen molar-refractivity contribution in [3.8, 4) is 0 Å². The summed E-state index contributed by atoms with van der Waals surface area (Å²) in [5, 5.41) is 0.472. The minimum absolute atomic E-state index is 0.0142. The van der Waals surface area contributed by atoms with E-state index in [1.54, 1.807) is 18.5 Å². The molecule has 1 amide bonds. The predicted octanol–water partition coefficient (Wildman–Crippen LogP) is 3.75. The van der Waals surface area contributed by atoms with Gasteiger partial charge in [0.2, 0.25) is 0 Å². The van der Waals surface area contributed by atoms with E-state index in [4.69, 9.17) is 11.6 Å². The smallest absolute Gasteiger partial charge is 0.256 e. The number of carbonyl (C=O) groups excluding carboxylic acids is 1. The van der Waals surface area contributed by atoms with E-state index in [1.165, 1.54) is 5.56 Å². The van der Waals surface area contributed by atoms with Crippen LogP contribution in [0, 0.1) is 0 Å². The highest BCUT2D eigenvalue weighted by Crippen LogP contribution is 2.29. The summed E-state index contributed by atoms with van der Waals surface area (Å²) in [4.78, 5) is 18.3. The van der Waals surface area contributed by atoms with E-state index in [9.17, 15) is 4.79 Å². The Labute approximate surface area is 129 Å². The SMILES string of the molecule is O=C(c1cnccc1Cl)N1CCC(c2ccccc2)CC1. The summed E-state index contributed by atoms with van der Waals surface area (Å²) in [6.07, 6.45) is 5.13. The van der Waals surface area contributed by atoms with Gasteiger partial charge in [0, 0.05) is 25.5 Å². The fourth-order valence-electron chi connectivity index (χ4n) is 2.85. The molecule has 1 aliphatic heterocycles. The topological polar surface area (TPSA) is 33.2 Å². The standard InChI is InChI=1S/C17H17ClN2O/c18-16-6-9-19-12-15(16)17(21)20-10-7-14(8-11-20)13-4-2-1-3-5-13/h1-6,9,12,14H,7-8,10-11H2. The highest BCUT2D eigenvalue weighted by molar-refractivity contribution is 6.33. The van der Waals surface area contributed by atoms with Crippen LogP contribution in [0.4, 0.5) is 0 Å². The summed E-state index contributed by atoms with van der Waals surface area (Å²) >= 11 is 6.08. The quantitative estimate of drug-likeness (QED) is 0.846. The maximum absolute atomic E-state index is 12.5. The van der Waals surface area contributed by atoms with E-state index >= 15 is 0 Å². The van der Waals surface area contributed by atoms with E-state index in [1.807, 2.05) is 11.0 Å². The molecule has 108 valence electrons. The number of hydrogen-bond donors (Lipinski definition) is 0. The van der Waals surface area contributed by atoms with Crippen LogP contribution >= 0.6 is 11.6 Å². The van der Waals surface area contributed by atoms with Gasteiger partial charge in [-0.15, -0.1) is 0 Å². The summed E-state index contributed by atoms with van der Waals surface area (Å²) < 4.78 is 0. The molecule has 0 saturated carbocycles. The number of likely N-dealkylation sites (tertiary alicyclic amines) is 1. The Bertz CT molecular complexity index is 622. The van der Waals surface area contributed by atoms with Crippen molar-refractivity contribution in [2.24, 2.45) is 0 Å². The lowest BCUT2D eigenvalue weighted by Crippen LogP contribution is -2.38. The maximum Gasteiger partial charge on any atom is 0.256 e. The van der Waals surface area contributed by atoms with Crippen LogP contribution in [0.1, 0.15) is 34.7 Å². The first-order chi connectivity index (χ1) is 10.3. The molecule has 1 fully saturated rings. The van der Waals surface area contributed by atoms with Gasteiger partial charge in [0.1, 0.15) is 0 Å². The van der Waals surface area contributed by atoms with Crippen LogP contribution in [-0.2, 0) is 0 Å². The van der Waals surface area contributed by atoms with Gasteiger partial charge in [0.15, 0.2) is 0 Å². The molecule has 2 heterocycles. The van der Waals surface area contributed by atoms with Gasteiger partial charge in [0.25, 0.3) is 5.91 Å². The number of benzene rings is 1. The minimum Gasteiger partial charge on any atom is -0.339 e. The maximum atomic E-state index is 12.5. The van der Waals surface area contributed by atoms with Crippen LogP contribution in [0.15, 0.2) is 48.8 Å². The van der Waals surface area contributed by atoms with Crippen molar-refractivity contribution in [1.29, 1.82) is 0 Å². The highest BCUT2D eigenvalue weighted by Gasteiger charge is 2.25. The second kappa shape index (κ2) is 6.27. The van der Waals surface area contributed by atoms with Gasteiger partial charge in [-0.05, 0) is 30.4 Å². The number of aromatic nitrogens is 1. The molecule has 1 saturated heterocycles. The second-order valence-electron chi connectivity index (χ2n) is 5.33. The zero-order valence-electron chi connectivity index (χ0n) is 11.7. The summed E-state index contributed by atoms with van der Waals surface area (Å²) in [5.41, 5.74) is 1.86. The molecule has 1 aliphatic rings. The third-order valence-electron chi connectivity index (χ3n) is 4.05. The summed E-state index contributed by atoms with van der Waals surface area (Å²) in [5.74, 6) is 0.527. The molecule has 0 radical (unpaired) electrons. The zero-order chi connectivity index (χ0) is 14.7. The first kappa shape index (κ1) is 14.1. The van der Waals surface area contributed by atoms with Gasteiger partial charge in [-0.3, -0.25) is 9.78 Å². The van der Waals surface area contributed by atoms with Crippen LogP contribution in [-0.4, -0.2) is 28.9 Å². The number of halogens is 1. The number of amides is 1. The van der Waals surface area contributed by atoms with Crippen molar-refractivity contribution in [1.82, 2.24) is 9.88 Å². The van der Waals surface area contributed by atoms with Crippen LogP contribution in [0.25, 0.3) is 0 Å². The van der Waals surface area contributed by atoms with Gasteiger partial charge in [-0.1, -0.05) is 41.9 Å². The third kappa shape index (κ3) is 3.08. The molecule has 4 heteroatoms. The molecular weight excluding hydrogens is 284 g/mol. The lowest BCUT2D eigenvalue weighted by molar-refractivity contribution is 0.0713. The number of hydrogen-bond acceptors (Lipinski definition) is 2. The molecule has 1 aromatic carbocycles. The molecule has 0 spiro atoms. The molecule has 1 aromatic heterocycles. The molecule has 0 aliphatic carbocycles. The summed E-state index contributed by atoms with van der Waals surface area (Å²) in [6.45, 7) is 1.53. The number of nitrogens with zero attached hydrogens (tertiary/aromatic N) is 2. The van der Waals surface area contributed by atoms with Gasteiger partial charge in [0.05, 0.1) is 10.6 Å². The van der Waals surface area contributed by atoms with Crippen molar-refractivity contribution in [3.05, 3.63) is 64.9 Å². The van der Waals surface area contributed by atoms with E-state index in [0.29, 0.717) is 16.5 Å². The third-order valence-corrected chi connectivity index (χ3v) is 4.38. The molecule has 3 rings (SSSR count). The summed E-state index contributed by atoms with van der Waals surface area (Å²) in [6, 6.07) is 12.2. The Morgan fingerprint density at radius 1 is 1.14 bits per heavy atom. The number of piperidine rings is 1. The van der Waals surface area contributed by atoms with Crippen molar-refractivity contribution in [2.75, 3.05) is 13.1 Å². The van der Waals surface area contributed by atoms with Crippen LogP contribution in [0.5, 0.6) is 0 Å². The Hall–Kier alpha value is -1.87. The van der Waals surface area contributed by atoms with Gasteiger partial charge < -0.3 is 4.90 Å². The molecule has 0 atom stereocenters. The van der Waals surface area contributed by atoms with Crippen LogP contribution in [0.3, 0.4) is 0 Å². The van der Waals surface area contributed by atoms with E-state index in [-0.39, 0.29) is 5.91 Å². The average molecular weight is 301 g/mol. The Morgan fingerprint density at radius 3 is 2.52 bits per heavy atom. The Morgan fingerprint density at radius 2 is 1.86 bits per heavy atom. The van der Waals surface area contributed by atoms with Gasteiger partial charge in [-0.25, -0.2) is 0 Å². The Kier molecular flexibility index (Phi) is 4.20. The van der Waals surface area contributed by atoms with E-state index in [0.717, 1.165) is 25.9 Å². The van der Waals surface area contributed by atoms with Crippen LogP contribution < -0.4 is 0 Å². The van der Waals surface area contributed by atoms with Crippen molar-refractivity contribution in [2.45, 2.75) is 18.8 Å². The summed E-state index contributed by atoms with van der Waals surface area (Å²) in [7, 11) is 0. The van der Waals surface area contributed by atoms with Crippen molar-refractivity contribution >= 4 is 17.5 Å². The predicted molar refractivity (Wildman–Crippen MR) is 83.6 cm³/mol. The lowest BCUT2D eigenvalue weighted by atomic mass is 9.89. The van der Waals surface area contributed by atoms with Crippen LogP contribution in [0.2, 0.25) is 5.02 Å². The first-order valence-electron chi connectivity index (χ1n) is 7.19. The molecule has 0 bridgehead atoms. The normalized spacial score (nSPS) is 16.0. The first-order valence-corrected chi connectivity index (χ1v) is 7.57. The lowest BCUT2D eigenvalue weighted by Gasteiger charge is -2.32. The highest BCUT2D eigenvalue weighted by atomic mass is 35.5. The fourth-order valence-corrected chi connectivity index (χ4v) is 3.03. The Balaban J connectivity index is 1.66.